The minimum atomic E-state index is -0.463. The van der Waals surface area contributed by atoms with Gasteiger partial charge >= 0.3 is 0 Å². The van der Waals surface area contributed by atoms with E-state index in [1.807, 2.05) is 41.0 Å². The van der Waals surface area contributed by atoms with Gasteiger partial charge in [0.2, 0.25) is 5.95 Å². The van der Waals surface area contributed by atoms with Crippen LogP contribution in [0.5, 0.6) is 0 Å². The normalized spacial score (nSPS) is 16.7. The molecule has 7 nitrogen and oxygen atoms in total. The van der Waals surface area contributed by atoms with Gasteiger partial charge in [0.15, 0.2) is 12.1 Å². The summed E-state index contributed by atoms with van der Waals surface area (Å²) in [4.78, 5) is 25.0. The van der Waals surface area contributed by atoms with Crippen LogP contribution in [-0.2, 0) is 0 Å². The fourth-order valence-corrected chi connectivity index (χ4v) is 2.59. The van der Waals surface area contributed by atoms with Crippen molar-refractivity contribution >= 4 is 22.8 Å². The molecule has 0 spiro atoms. The van der Waals surface area contributed by atoms with E-state index in [0.29, 0.717) is 11.3 Å². The van der Waals surface area contributed by atoms with Crippen molar-refractivity contribution in [1.82, 2.24) is 14.5 Å². The predicted molar refractivity (Wildman–Crippen MR) is 83.6 cm³/mol. The number of fused-ring (bicyclic) bond motifs is 3. The largest absolute Gasteiger partial charge is 0.370 e. The molecular weight excluding hydrogens is 280 g/mol. The number of aromatic nitrogens is 3. The third-order valence-corrected chi connectivity index (χ3v) is 3.53. The van der Waals surface area contributed by atoms with Gasteiger partial charge in [0.25, 0.3) is 5.56 Å². The predicted octanol–water partition coefficient (Wildman–Crippen LogP) is 1.08. The number of anilines is 1. The van der Waals surface area contributed by atoms with Crippen molar-refractivity contribution in [3.05, 3.63) is 64.7 Å². The van der Waals surface area contributed by atoms with Crippen molar-refractivity contribution in [2.24, 2.45) is 10.7 Å². The molecule has 1 aromatic carbocycles. The molecular formula is C15H12N6O. The van der Waals surface area contributed by atoms with Gasteiger partial charge in [-0.2, -0.15) is 4.98 Å². The molecule has 1 aliphatic heterocycles. The van der Waals surface area contributed by atoms with Gasteiger partial charge in [0.05, 0.1) is 16.6 Å². The number of benzene rings is 1. The van der Waals surface area contributed by atoms with Gasteiger partial charge in [-0.05, 0) is 24.3 Å². The molecule has 3 N–H and O–H groups in total. The lowest BCUT2D eigenvalue weighted by Gasteiger charge is -2.26. The molecule has 1 aliphatic rings. The summed E-state index contributed by atoms with van der Waals surface area (Å²) in [5, 5.41) is 3.38. The van der Waals surface area contributed by atoms with Crippen LogP contribution in [0.1, 0.15) is 11.9 Å². The van der Waals surface area contributed by atoms with E-state index < -0.39 is 6.17 Å². The molecule has 108 valence electrons. The van der Waals surface area contributed by atoms with Gasteiger partial charge in [-0.3, -0.25) is 19.7 Å². The molecule has 3 heterocycles. The molecule has 3 aromatic rings. The highest BCUT2D eigenvalue weighted by molar-refractivity contribution is 5.93. The SMILES string of the molecule is NC1=N[C@@H](c2ccccn2)n2c(nc(=O)c3ccccc32)N1. The summed E-state index contributed by atoms with van der Waals surface area (Å²) in [5.41, 5.74) is 6.98. The highest BCUT2D eigenvalue weighted by Crippen LogP contribution is 2.28. The Kier molecular flexibility index (Phi) is 2.65. The van der Waals surface area contributed by atoms with E-state index in [-0.39, 0.29) is 11.5 Å². The van der Waals surface area contributed by atoms with Crippen LogP contribution in [0.2, 0.25) is 0 Å². The first-order valence-electron chi connectivity index (χ1n) is 6.76. The van der Waals surface area contributed by atoms with E-state index >= 15 is 0 Å². The quantitative estimate of drug-likeness (QED) is 0.699. The average Bonchev–Trinajstić information content (AvgIpc) is 2.55. The minimum Gasteiger partial charge on any atom is -0.370 e. The number of rotatable bonds is 1. The second-order valence-corrected chi connectivity index (χ2v) is 4.90. The molecule has 1 atom stereocenters. The molecule has 0 aliphatic carbocycles. The molecule has 0 amide bonds. The van der Waals surface area contributed by atoms with Gasteiger partial charge in [0.1, 0.15) is 0 Å². The lowest BCUT2D eigenvalue weighted by molar-refractivity contribution is 0.599. The monoisotopic (exact) mass is 292 g/mol. The number of nitrogens with zero attached hydrogens (tertiary/aromatic N) is 4. The number of aliphatic imine (C=N–C) groups is 1. The highest BCUT2D eigenvalue weighted by Gasteiger charge is 2.25. The first-order valence-corrected chi connectivity index (χ1v) is 6.76. The van der Waals surface area contributed by atoms with Crippen molar-refractivity contribution in [3.63, 3.8) is 0 Å². The van der Waals surface area contributed by atoms with Crippen LogP contribution in [-0.4, -0.2) is 20.5 Å². The first-order chi connectivity index (χ1) is 10.7. The van der Waals surface area contributed by atoms with Crippen molar-refractivity contribution in [2.45, 2.75) is 6.17 Å². The van der Waals surface area contributed by atoms with Gasteiger partial charge in [-0.1, -0.05) is 18.2 Å². The molecule has 0 saturated carbocycles. The molecule has 22 heavy (non-hydrogen) atoms. The van der Waals surface area contributed by atoms with Crippen molar-refractivity contribution in [1.29, 1.82) is 0 Å². The van der Waals surface area contributed by atoms with Crippen LogP contribution in [0, 0.1) is 0 Å². The van der Waals surface area contributed by atoms with Gasteiger partial charge < -0.3 is 5.73 Å². The second kappa shape index (κ2) is 4.66. The second-order valence-electron chi connectivity index (χ2n) is 4.90. The van der Waals surface area contributed by atoms with Gasteiger partial charge in [0, 0.05) is 6.20 Å². The third-order valence-electron chi connectivity index (χ3n) is 3.53. The van der Waals surface area contributed by atoms with Crippen LogP contribution in [0.15, 0.2) is 58.4 Å². The van der Waals surface area contributed by atoms with Gasteiger partial charge in [-0.15, -0.1) is 0 Å². The number of guanidine groups is 1. The van der Waals surface area contributed by atoms with E-state index in [0.717, 1.165) is 11.2 Å². The summed E-state index contributed by atoms with van der Waals surface area (Å²) in [7, 11) is 0. The van der Waals surface area contributed by atoms with E-state index in [9.17, 15) is 4.79 Å². The molecule has 0 radical (unpaired) electrons. The number of pyridine rings is 1. The zero-order valence-corrected chi connectivity index (χ0v) is 11.5. The summed E-state index contributed by atoms with van der Waals surface area (Å²) in [6.45, 7) is 0. The Morgan fingerprint density at radius 2 is 1.95 bits per heavy atom. The van der Waals surface area contributed by atoms with E-state index in [4.69, 9.17) is 5.73 Å². The molecule has 7 heteroatoms. The molecule has 0 fully saturated rings. The van der Waals surface area contributed by atoms with Crippen LogP contribution >= 0.6 is 0 Å². The summed E-state index contributed by atoms with van der Waals surface area (Å²) in [6, 6.07) is 12.9. The summed E-state index contributed by atoms with van der Waals surface area (Å²) in [6.07, 6.45) is 1.23. The smallest absolute Gasteiger partial charge is 0.282 e. The molecule has 0 bridgehead atoms. The zero-order valence-electron chi connectivity index (χ0n) is 11.5. The lowest BCUT2D eigenvalue weighted by atomic mass is 10.2. The van der Waals surface area contributed by atoms with Crippen LogP contribution < -0.4 is 16.6 Å². The number of nitrogens with one attached hydrogen (secondary N) is 1. The number of hydrogen-bond donors (Lipinski definition) is 2. The Labute approximate surface area is 125 Å². The number of para-hydroxylation sites is 1. The average molecular weight is 292 g/mol. The first kappa shape index (κ1) is 12.5. The standard InChI is InChI=1S/C15H12N6O/c16-14-18-12(10-6-3-4-8-17-10)21-11-7-2-1-5-9(11)13(22)19-15(21)20-14/h1-8,12H,(H3,16,18,19,20,22)/t12-/m1/s1. The Morgan fingerprint density at radius 1 is 1.14 bits per heavy atom. The highest BCUT2D eigenvalue weighted by atomic mass is 16.1. The molecule has 4 rings (SSSR count). The zero-order chi connectivity index (χ0) is 15.1. The van der Waals surface area contributed by atoms with Crippen LogP contribution in [0.3, 0.4) is 0 Å². The maximum Gasteiger partial charge on any atom is 0.282 e. The summed E-state index contributed by atoms with van der Waals surface area (Å²) < 4.78 is 1.83. The van der Waals surface area contributed by atoms with Crippen LogP contribution in [0.4, 0.5) is 5.95 Å². The number of hydrogen-bond acceptors (Lipinski definition) is 6. The Bertz CT molecular complexity index is 947. The fraction of sp³-hybridized carbons (Fsp3) is 0.0667. The molecule has 0 saturated heterocycles. The fourth-order valence-electron chi connectivity index (χ4n) is 2.59. The van der Waals surface area contributed by atoms with Crippen molar-refractivity contribution < 1.29 is 0 Å². The summed E-state index contributed by atoms with van der Waals surface area (Å²) in [5.74, 6) is 0.574. The lowest BCUT2D eigenvalue weighted by Crippen LogP contribution is -2.35. The Morgan fingerprint density at radius 3 is 2.77 bits per heavy atom. The van der Waals surface area contributed by atoms with Crippen LogP contribution in [0.25, 0.3) is 10.9 Å². The molecule has 0 unspecified atom stereocenters. The molecule has 2 aromatic heterocycles. The van der Waals surface area contributed by atoms with E-state index in [1.54, 1.807) is 12.3 Å². The Balaban J connectivity index is 2.06. The topological polar surface area (TPSA) is 98.2 Å². The summed E-state index contributed by atoms with van der Waals surface area (Å²) >= 11 is 0. The van der Waals surface area contributed by atoms with Gasteiger partial charge in [-0.25, -0.2) is 4.99 Å². The maximum absolute atomic E-state index is 12.1. The van der Waals surface area contributed by atoms with Crippen molar-refractivity contribution in [3.8, 4) is 0 Å². The van der Waals surface area contributed by atoms with Crippen molar-refractivity contribution in [2.75, 3.05) is 5.32 Å². The minimum absolute atomic E-state index is 0.206. The Hall–Kier alpha value is -3.22. The number of nitrogens with two attached hydrogens (primary N) is 1. The van der Waals surface area contributed by atoms with E-state index in [1.165, 1.54) is 0 Å². The third kappa shape index (κ3) is 1.83. The maximum atomic E-state index is 12.1. The van der Waals surface area contributed by atoms with E-state index in [2.05, 4.69) is 20.3 Å².